The Morgan fingerprint density at radius 3 is 2.38 bits per heavy atom. The van der Waals surface area contributed by atoms with E-state index in [1.165, 1.54) is 24.4 Å². The lowest BCUT2D eigenvalue weighted by Gasteiger charge is -2.33. The summed E-state index contributed by atoms with van der Waals surface area (Å²) in [6.45, 7) is 3.79. The second kappa shape index (κ2) is 6.92. The molecule has 0 unspecified atom stereocenters. The first kappa shape index (κ1) is 16.3. The standard InChI is InChI=1S/C17H21N3O4/c1-23-16(21)19-9-7-18(8-10-19)12-13-3-4-15-14(11-13)5-6-20(15)17(22)24-2/h3-6,11H,7-10,12H2,1-2H3. The molecule has 7 nitrogen and oxygen atoms in total. The number of aromatic nitrogens is 1. The molecule has 7 heteroatoms. The summed E-state index contributed by atoms with van der Waals surface area (Å²) in [5.41, 5.74) is 2.01. The van der Waals surface area contributed by atoms with Crippen LogP contribution in [0, 0.1) is 0 Å². The molecule has 128 valence electrons. The van der Waals surface area contributed by atoms with Crippen LogP contribution in [-0.4, -0.2) is 67.0 Å². The molecule has 0 saturated carbocycles. The zero-order valence-electron chi connectivity index (χ0n) is 13.9. The highest BCUT2D eigenvalue weighted by Crippen LogP contribution is 2.19. The molecule has 0 bridgehead atoms. The molecule has 24 heavy (non-hydrogen) atoms. The predicted molar refractivity (Wildman–Crippen MR) is 89.0 cm³/mol. The van der Waals surface area contributed by atoms with E-state index in [4.69, 9.17) is 9.47 Å². The minimum atomic E-state index is -0.392. The van der Waals surface area contributed by atoms with Gasteiger partial charge in [0.2, 0.25) is 0 Å². The minimum Gasteiger partial charge on any atom is -0.453 e. The summed E-state index contributed by atoms with van der Waals surface area (Å²) in [4.78, 5) is 27.2. The lowest BCUT2D eigenvalue weighted by atomic mass is 10.1. The van der Waals surface area contributed by atoms with Crippen molar-refractivity contribution in [3.63, 3.8) is 0 Å². The average Bonchev–Trinajstić information content (AvgIpc) is 3.04. The predicted octanol–water partition coefficient (Wildman–Crippen LogP) is 2.14. The Labute approximate surface area is 140 Å². The number of benzene rings is 1. The second-order valence-corrected chi connectivity index (χ2v) is 5.78. The minimum absolute atomic E-state index is 0.264. The maximum Gasteiger partial charge on any atom is 0.418 e. The van der Waals surface area contributed by atoms with Gasteiger partial charge in [0.25, 0.3) is 0 Å². The number of carbonyl (C=O) groups is 2. The second-order valence-electron chi connectivity index (χ2n) is 5.78. The summed E-state index contributed by atoms with van der Waals surface area (Å²) < 4.78 is 11.0. The third-order valence-corrected chi connectivity index (χ3v) is 4.34. The lowest BCUT2D eigenvalue weighted by molar-refractivity contribution is 0.0889. The normalized spacial score (nSPS) is 15.5. The molecule has 1 fully saturated rings. The smallest absolute Gasteiger partial charge is 0.418 e. The van der Waals surface area contributed by atoms with Crippen molar-refractivity contribution >= 4 is 23.1 Å². The first-order valence-corrected chi connectivity index (χ1v) is 7.86. The fraction of sp³-hybridized carbons (Fsp3) is 0.412. The van der Waals surface area contributed by atoms with Crippen molar-refractivity contribution in [2.24, 2.45) is 0 Å². The van der Waals surface area contributed by atoms with Crippen LogP contribution < -0.4 is 0 Å². The Balaban J connectivity index is 1.66. The van der Waals surface area contributed by atoms with Crippen molar-refractivity contribution in [2.75, 3.05) is 40.4 Å². The van der Waals surface area contributed by atoms with Gasteiger partial charge in [-0.1, -0.05) is 6.07 Å². The van der Waals surface area contributed by atoms with E-state index in [0.717, 1.165) is 30.5 Å². The molecular weight excluding hydrogens is 310 g/mol. The van der Waals surface area contributed by atoms with Crippen molar-refractivity contribution in [3.05, 3.63) is 36.0 Å². The molecule has 1 aliphatic heterocycles. The highest BCUT2D eigenvalue weighted by atomic mass is 16.5. The fourth-order valence-electron chi connectivity index (χ4n) is 3.02. The largest absolute Gasteiger partial charge is 0.453 e. The summed E-state index contributed by atoms with van der Waals surface area (Å²) in [5, 5.41) is 1.01. The van der Waals surface area contributed by atoms with Crippen LogP contribution in [0.3, 0.4) is 0 Å². The summed E-state index contributed by atoms with van der Waals surface area (Å²) in [5.74, 6) is 0. The third-order valence-electron chi connectivity index (χ3n) is 4.34. The van der Waals surface area contributed by atoms with Crippen LogP contribution in [0.4, 0.5) is 9.59 Å². The van der Waals surface area contributed by atoms with Crippen LogP contribution in [0.1, 0.15) is 5.56 Å². The van der Waals surface area contributed by atoms with Crippen LogP contribution in [0.25, 0.3) is 10.9 Å². The van der Waals surface area contributed by atoms with Crippen molar-refractivity contribution in [3.8, 4) is 0 Å². The SMILES string of the molecule is COC(=O)N1CCN(Cc2ccc3c(ccn3C(=O)OC)c2)CC1. The van der Waals surface area contributed by atoms with Gasteiger partial charge < -0.3 is 14.4 Å². The van der Waals surface area contributed by atoms with E-state index >= 15 is 0 Å². The van der Waals surface area contributed by atoms with E-state index in [2.05, 4.69) is 11.0 Å². The van der Waals surface area contributed by atoms with Gasteiger partial charge in [-0.3, -0.25) is 9.47 Å². The number of ether oxygens (including phenoxy) is 2. The molecule has 2 aromatic rings. The first-order chi connectivity index (χ1) is 11.6. The van der Waals surface area contributed by atoms with Gasteiger partial charge in [-0.15, -0.1) is 0 Å². The van der Waals surface area contributed by atoms with Crippen LogP contribution >= 0.6 is 0 Å². The van der Waals surface area contributed by atoms with E-state index in [1.54, 1.807) is 11.1 Å². The average molecular weight is 331 g/mol. The van der Waals surface area contributed by atoms with Crippen LogP contribution in [0.5, 0.6) is 0 Å². The number of carbonyl (C=O) groups excluding carboxylic acids is 2. The molecule has 2 heterocycles. The Morgan fingerprint density at radius 2 is 1.71 bits per heavy atom. The maximum atomic E-state index is 11.7. The molecule has 1 aromatic carbocycles. The number of amides is 1. The molecular formula is C17H21N3O4. The fourth-order valence-corrected chi connectivity index (χ4v) is 3.02. The van der Waals surface area contributed by atoms with Gasteiger partial charge >= 0.3 is 12.2 Å². The highest BCUT2D eigenvalue weighted by molar-refractivity contribution is 5.89. The molecule has 0 radical (unpaired) electrons. The van der Waals surface area contributed by atoms with Crippen molar-refractivity contribution in [1.82, 2.24) is 14.4 Å². The molecule has 1 aliphatic rings. The molecule has 1 amide bonds. The van der Waals surface area contributed by atoms with Crippen LogP contribution in [0.15, 0.2) is 30.5 Å². The Morgan fingerprint density at radius 1 is 1.00 bits per heavy atom. The van der Waals surface area contributed by atoms with Crippen LogP contribution in [0.2, 0.25) is 0 Å². The Hall–Kier alpha value is -2.54. The third kappa shape index (κ3) is 3.21. The zero-order chi connectivity index (χ0) is 17.1. The number of fused-ring (bicyclic) bond motifs is 1. The Kier molecular flexibility index (Phi) is 4.71. The van der Waals surface area contributed by atoms with Gasteiger partial charge in [0.05, 0.1) is 19.7 Å². The molecule has 3 rings (SSSR count). The van der Waals surface area contributed by atoms with Gasteiger partial charge in [-0.25, -0.2) is 9.59 Å². The van der Waals surface area contributed by atoms with E-state index < -0.39 is 6.09 Å². The number of hydrogen-bond donors (Lipinski definition) is 0. The molecule has 0 atom stereocenters. The van der Waals surface area contributed by atoms with Gasteiger partial charge in [-0.2, -0.15) is 0 Å². The maximum absolute atomic E-state index is 11.7. The number of piperazine rings is 1. The van der Waals surface area contributed by atoms with Gasteiger partial charge in [0, 0.05) is 44.3 Å². The topological polar surface area (TPSA) is 64.0 Å². The van der Waals surface area contributed by atoms with Crippen molar-refractivity contribution < 1.29 is 19.1 Å². The monoisotopic (exact) mass is 331 g/mol. The lowest BCUT2D eigenvalue weighted by Crippen LogP contribution is -2.48. The van der Waals surface area contributed by atoms with Crippen molar-refractivity contribution in [1.29, 1.82) is 0 Å². The zero-order valence-corrected chi connectivity index (χ0v) is 13.9. The summed E-state index contributed by atoms with van der Waals surface area (Å²) in [7, 11) is 2.78. The molecule has 0 N–H and O–H groups in total. The van der Waals surface area contributed by atoms with Gasteiger partial charge in [0.15, 0.2) is 0 Å². The van der Waals surface area contributed by atoms with Gasteiger partial charge in [-0.05, 0) is 23.8 Å². The quantitative estimate of drug-likeness (QED) is 0.844. The van der Waals surface area contributed by atoms with E-state index in [9.17, 15) is 9.59 Å². The molecule has 0 aliphatic carbocycles. The van der Waals surface area contributed by atoms with E-state index in [0.29, 0.717) is 13.1 Å². The molecule has 1 aromatic heterocycles. The number of methoxy groups -OCH3 is 2. The summed E-state index contributed by atoms with van der Waals surface area (Å²) in [6.07, 6.45) is 1.06. The van der Waals surface area contributed by atoms with Crippen LogP contribution in [-0.2, 0) is 16.0 Å². The van der Waals surface area contributed by atoms with Gasteiger partial charge in [0.1, 0.15) is 0 Å². The van der Waals surface area contributed by atoms with E-state index in [-0.39, 0.29) is 6.09 Å². The number of hydrogen-bond acceptors (Lipinski definition) is 5. The molecule has 0 spiro atoms. The Bertz CT molecular complexity index is 747. The summed E-state index contributed by atoms with van der Waals surface area (Å²) >= 11 is 0. The van der Waals surface area contributed by atoms with E-state index in [1.807, 2.05) is 18.2 Å². The highest BCUT2D eigenvalue weighted by Gasteiger charge is 2.21. The number of nitrogens with zero attached hydrogens (tertiary/aromatic N) is 3. The first-order valence-electron chi connectivity index (χ1n) is 7.86. The summed E-state index contributed by atoms with van der Waals surface area (Å²) in [6, 6.07) is 7.95. The van der Waals surface area contributed by atoms with Crippen molar-refractivity contribution in [2.45, 2.75) is 6.54 Å². The number of rotatable bonds is 2. The molecule has 1 saturated heterocycles.